The van der Waals surface area contributed by atoms with Crippen molar-refractivity contribution < 1.29 is 0 Å². The van der Waals surface area contributed by atoms with Gasteiger partial charge in [0, 0.05) is 13.2 Å². The molecule has 0 aromatic carbocycles. The Morgan fingerprint density at radius 1 is 1.44 bits per heavy atom. The molecule has 0 bridgehead atoms. The fourth-order valence-electron chi connectivity index (χ4n) is 0.559. The lowest BCUT2D eigenvalue weighted by Crippen LogP contribution is -2.19. The average molecular weight is 349 g/mol. The van der Waals surface area contributed by atoms with E-state index in [0.717, 1.165) is 0 Å². The summed E-state index contributed by atoms with van der Waals surface area (Å²) >= 11 is 2.37. The zero-order valence-corrected chi connectivity index (χ0v) is 9.61. The molecule has 1 unspecified atom stereocenters. The predicted octanol–water partition coefficient (Wildman–Crippen LogP) is 2.38. The van der Waals surface area contributed by atoms with Gasteiger partial charge in [-0.05, 0) is 6.08 Å². The fraction of sp³-hybridized carbons (Fsp3) is 0.333. The number of likely N-dealkylation sites (N-methyl/N-ethyl adjacent to an activating group) is 1. The van der Waals surface area contributed by atoms with E-state index >= 15 is 0 Å². The van der Waals surface area contributed by atoms with Gasteiger partial charge in [0.2, 0.25) is 0 Å². The van der Waals surface area contributed by atoms with Crippen LogP contribution in [0.5, 0.6) is 0 Å². The number of nitrogens with zero attached hydrogens (tertiary/aromatic N) is 1. The minimum Gasteiger partial charge on any atom is -0.365 e. The van der Waals surface area contributed by atoms with E-state index in [0.29, 0.717) is 4.05 Å². The topological polar surface area (TPSA) is 3.24 Å². The summed E-state index contributed by atoms with van der Waals surface area (Å²) in [6, 6.07) is 0. The van der Waals surface area contributed by atoms with E-state index in [1.54, 1.807) is 0 Å². The van der Waals surface area contributed by atoms with Gasteiger partial charge in [0.15, 0.2) is 0 Å². The van der Waals surface area contributed by atoms with Crippen LogP contribution in [-0.2, 0) is 0 Å². The second-order valence-electron chi connectivity index (χ2n) is 1.76. The molecular formula is C6H9I2N. The first-order valence-electron chi connectivity index (χ1n) is 2.52. The molecule has 0 spiro atoms. The first-order valence-corrected chi connectivity index (χ1v) is 3.76. The van der Waals surface area contributed by atoms with E-state index in [9.17, 15) is 0 Å². The molecule has 0 N–H and O–H groups in total. The van der Waals surface area contributed by atoms with Gasteiger partial charge in [0.1, 0.15) is 0 Å². The summed E-state index contributed by atoms with van der Waals surface area (Å²) in [5.41, 5.74) is 0. The van der Waals surface area contributed by atoms with Crippen LogP contribution in [-0.4, -0.2) is 16.0 Å². The Balaban J connectivity index is 0.000000640. The fourth-order valence-corrected chi connectivity index (χ4v) is 0.985. The molecule has 1 heterocycles. The maximum Gasteiger partial charge on any atom is 0.0987 e. The number of rotatable bonds is 0. The van der Waals surface area contributed by atoms with Crippen molar-refractivity contribution in [1.82, 2.24) is 4.90 Å². The summed E-state index contributed by atoms with van der Waals surface area (Å²) in [4.78, 5) is 2.15. The molecule has 0 aliphatic carbocycles. The molecule has 0 fully saturated rings. The van der Waals surface area contributed by atoms with Gasteiger partial charge >= 0.3 is 0 Å². The van der Waals surface area contributed by atoms with Gasteiger partial charge in [-0.25, -0.2) is 0 Å². The summed E-state index contributed by atoms with van der Waals surface area (Å²) in [5, 5.41) is 0. The number of halogens is 2. The van der Waals surface area contributed by atoms with Crippen molar-refractivity contribution in [2.75, 3.05) is 7.05 Å². The van der Waals surface area contributed by atoms with Gasteiger partial charge in [-0.3, -0.25) is 0 Å². The lowest BCUT2D eigenvalue weighted by atomic mass is 10.4. The van der Waals surface area contributed by atoms with Gasteiger partial charge in [-0.15, -0.1) is 24.0 Å². The van der Waals surface area contributed by atoms with Crippen LogP contribution in [0.3, 0.4) is 0 Å². The second-order valence-corrected chi connectivity index (χ2v) is 3.04. The molecular weight excluding hydrogens is 340 g/mol. The molecule has 52 valence electrons. The van der Waals surface area contributed by atoms with Gasteiger partial charge in [-0.2, -0.15) is 0 Å². The molecule has 0 amide bonds. The Labute approximate surface area is 86.3 Å². The monoisotopic (exact) mass is 349 g/mol. The normalized spacial score (nSPS) is 23.8. The van der Waals surface area contributed by atoms with Gasteiger partial charge in [0.05, 0.1) is 4.05 Å². The van der Waals surface area contributed by atoms with Crippen molar-refractivity contribution >= 4 is 46.6 Å². The summed E-state index contributed by atoms with van der Waals surface area (Å²) in [6.45, 7) is 0. The Morgan fingerprint density at radius 2 is 2.11 bits per heavy atom. The molecule has 1 aliphatic rings. The van der Waals surface area contributed by atoms with Crippen LogP contribution < -0.4 is 0 Å². The largest absolute Gasteiger partial charge is 0.365 e. The Bertz CT molecular complexity index is 115. The van der Waals surface area contributed by atoms with Crippen LogP contribution in [0.15, 0.2) is 24.4 Å². The highest BCUT2D eigenvalue weighted by Crippen LogP contribution is 2.11. The highest BCUT2D eigenvalue weighted by molar-refractivity contribution is 14.1. The van der Waals surface area contributed by atoms with E-state index in [1.165, 1.54) is 0 Å². The van der Waals surface area contributed by atoms with Crippen molar-refractivity contribution in [2.24, 2.45) is 0 Å². The van der Waals surface area contributed by atoms with Crippen LogP contribution in [0.1, 0.15) is 0 Å². The third-order valence-electron chi connectivity index (χ3n) is 1.09. The highest BCUT2D eigenvalue weighted by atomic mass is 127. The Hall–Kier alpha value is 0.740. The Morgan fingerprint density at radius 3 is 2.44 bits per heavy atom. The lowest BCUT2D eigenvalue weighted by molar-refractivity contribution is 0.488. The maximum atomic E-state index is 2.37. The van der Waals surface area contributed by atoms with E-state index in [1.807, 2.05) is 6.08 Å². The van der Waals surface area contributed by atoms with Gasteiger partial charge in [-0.1, -0.05) is 34.7 Å². The SMILES string of the molecule is CN1C=CC=CC1I.I. The zero-order valence-electron chi connectivity index (χ0n) is 5.12. The molecule has 1 rings (SSSR count). The minimum absolute atomic E-state index is 0. The second kappa shape index (κ2) is 4.54. The van der Waals surface area contributed by atoms with Crippen LogP contribution in [0.25, 0.3) is 0 Å². The van der Waals surface area contributed by atoms with Crippen LogP contribution in [0.2, 0.25) is 0 Å². The third kappa shape index (κ3) is 2.88. The van der Waals surface area contributed by atoms with Crippen molar-refractivity contribution in [1.29, 1.82) is 0 Å². The summed E-state index contributed by atoms with van der Waals surface area (Å²) < 4.78 is 0.539. The summed E-state index contributed by atoms with van der Waals surface area (Å²) in [7, 11) is 2.07. The molecule has 0 saturated heterocycles. The maximum absolute atomic E-state index is 2.37. The molecule has 0 aromatic heterocycles. The molecule has 0 saturated carbocycles. The van der Waals surface area contributed by atoms with E-state index in [2.05, 4.69) is 52.9 Å². The first-order chi connectivity index (χ1) is 3.80. The molecule has 0 aromatic rings. The molecule has 3 heteroatoms. The Kier molecular flexibility index (Phi) is 4.91. The van der Waals surface area contributed by atoms with E-state index in [4.69, 9.17) is 0 Å². The van der Waals surface area contributed by atoms with Crippen LogP contribution in [0.4, 0.5) is 0 Å². The standard InChI is InChI=1S/C6H8IN.HI/c1-8-5-3-2-4-6(8)7;/h2-6H,1H3;1H. The summed E-state index contributed by atoms with van der Waals surface area (Å²) in [5.74, 6) is 0. The number of hydrogen-bond donors (Lipinski definition) is 0. The third-order valence-corrected chi connectivity index (χ3v) is 2.39. The average Bonchev–Trinajstić information content (AvgIpc) is 1.77. The van der Waals surface area contributed by atoms with Crippen LogP contribution in [0, 0.1) is 0 Å². The number of allylic oxidation sites excluding steroid dienone is 2. The predicted molar refractivity (Wildman–Crippen MR) is 59.3 cm³/mol. The molecule has 1 atom stereocenters. The quantitative estimate of drug-likeness (QED) is 0.369. The smallest absolute Gasteiger partial charge is 0.0987 e. The number of alkyl halides is 1. The summed E-state index contributed by atoms with van der Waals surface area (Å²) in [6.07, 6.45) is 8.32. The molecule has 1 nitrogen and oxygen atoms in total. The van der Waals surface area contributed by atoms with Crippen molar-refractivity contribution in [3.05, 3.63) is 24.4 Å². The van der Waals surface area contributed by atoms with Gasteiger partial charge in [0.25, 0.3) is 0 Å². The lowest BCUT2D eigenvalue weighted by Gasteiger charge is -2.19. The molecule has 9 heavy (non-hydrogen) atoms. The highest BCUT2D eigenvalue weighted by Gasteiger charge is 2.02. The van der Waals surface area contributed by atoms with E-state index in [-0.39, 0.29) is 24.0 Å². The molecule has 1 aliphatic heterocycles. The minimum atomic E-state index is 0. The van der Waals surface area contributed by atoms with E-state index < -0.39 is 0 Å². The number of hydrogen-bond acceptors (Lipinski definition) is 1. The van der Waals surface area contributed by atoms with Crippen LogP contribution >= 0.6 is 46.6 Å². The van der Waals surface area contributed by atoms with Crippen molar-refractivity contribution in [3.8, 4) is 0 Å². The van der Waals surface area contributed by atoms with Crippen molar-refractivity contribution in [2.45, 2.75) is 4.05 Å². The van der Waals surface area contributed by atoms with Gasteiger partial charge < -0.3 is 4.90 Å². The van der Waals surface area contributed by atoms with Crippen molar-refractivity contribution in [3.63, 3.8) is 0 Å². The first kappa shape index (κ1) is 9.74. The molecule has 0 radical (unpaired) electrons. The zero-order chi connectivity index (χ0) is 5.98.